The van der Waals surface area contributed by atoms with Gasteiger partial charge in [-0.25, -0.2) is 4.68 Å². The minimum atomic E-state index is -1.31. The Morgan fingerprint density at radius 1 is 1.18 bits per heavy atom. The molecule has 7 atom stereocenters. The number of carbonyl (C=O) groups excluding carboxylic acids is 3. The van der Waals surface area contributed by atoms with E-state index in [2.05, 4.69) is 23.5 Å². The number of carbonyl (C=O) groups is 3. The largest absolute Gasteiger partial charge is 0.461 e. The summed E-state index contributed by atoms with van der Waals surface area (Å²) in [5.74, 6) is -3.40. The van der Waals surface area contributed by atoms with Crippen LogP contribution in [0.25, 0.3) is 11.0 Å². The number of rotatable bonds is 12. The highest BCUT2D eigenvalue weighted by atomic mass is 16.6. The maximum absolute atomic E-state index is 14.9. The van der Waals surface area contributed by atoms with E-state index in [1.165, 1.54) is 11.0 Å². The number of ether oxygens (including phenoxy) is 2. The van der Waals surface area contributed by atoms with E-state index >= 15 is 0 Å². The third-order valence-electron chi connectivity index (χ3n) is 9.89. The summed E-state index contributed by atoms with van der Waals surface area (Å²) in [6, 6.07) is 15.1. The van der Waals surface area contributed by atoms with Crippen LogP contribution in [0.5, 0.6) is 0 Å². The van der Waals surface area contributed by atoms with E-state index in [0.29, 0.717) is 18.4 Å². The van der Waals surface area contributed by atoms with Gasteiger partial charge in [0.05, 0.1) is 29.7 Å². The molecular weight excluding hydrogens is 574 g/mol. The molecule has 11 heteroatoms. The van der Waals surface area contributed by atoms with Crippen molar-refractivity contribution in [2.24, 2.45) is 17.8 Å². The van der Waals surface area contributed by atoms with E-state index in [-0.39, 0.29) is 38.3 Å². The number of aliphatic hydroxyl groups excluding tert-OH is 1. The number of hydrogen-bond acceptors (Lipinski definition) is 8. The minimum absolute atomic E-state index is 0.00791. The Bertz CT molecular complexity index is 1630. The Morgan fingerprint density at radius 2 is 1.91 bits per heavy atom. The number of benzene rings is 2. The SMILES string of the molecule is C=CCOC(=O)[C@H]1[C@H]2C(=O)N([C@@H](CO)Cc3ccccc3)C(C(=O)N(CC=C)Cn3nnc4ccccc43)C23CC(C)[C@]1(C)O3. The molecule has 3 unspecified atom stereocenters. The molecule has 6 rings (SSSR count). The van der Waals surface area contributed by atoms with Crippen LogP contribution in [0, 0.1) is 17.8 Å². The summed E-state index contributed by atoms with van der Waals surface area (Å²) < 4.78 is 14.0. The Balaban J connectivity index is 1.45. The van der Waals surface area contributed by atoms with Gasteiger partial charge < -0.3 is 24.4 Å². The molecule has 236 valence electrons. The standard InChI is InChI=1S/C34H39N5O6/c1-5-16-37(21-38-26-15-11-10-14-25(26)35-36-38)31(42)29-34-19-22(3)33(4,45-34)28(32(43)44-17-6-2)27(34)30(41)39(29)24(20-40)18-23-12-8-7-9-13-23/h5-15,22,24,27-29,40H,1-2,16-21H2,3-4H3/t22?,24-,27+,28-,29?,33+,34?/m1/s1. The first-order chi connectivity index (χ1) is 21.7. The van der Waals surface area contributed by atoms with Gasteiger partial charge in [0.15, 0.2) is 0 Å². The summed E-state index contributed by atoms with van der Waals surface area (Å²) in [6.07, 6.45) is 3.79. The maximum atomic E-state index is 14.9. The molecule has 4 heterocycles. The molecule has 2 aromatic carbocycles. The van der Waals surface area contributed by atoms with Crippen molar-refractivity contribution < 1.29 is 29.0 Å². The number of likely N-dealkylation sites (tertiary alicyclic amines) is 1. The van der Waals surface area contributed by atoms with Crippen LogP contribution < -0.4 is 0 Å². The zero-order valence-corrected chi connectivity index (χ0v) is 25.6. The van der Waals surface area contributed by atoms with E-state index < -0.39 is 47.0 Å². The van der Waals surface area contributed by atoms with Crippen LogP contribution in [0.4, 0.5) is 0 Å². The van der Waals surface area contributed by atoms with Gasteiger partial charge in [0, 0.05) is 6.54 Å². The van der Waals surface area contributed by atoms with E-state index in [1.54, 1.807) is 15.7 Å². The normalized spacial score (nSPS) is 29.0. The molecule has 3 saturated heterocycles. The Kier molecular flexibility index (Phi) is 8.09. The van der Waals surface area contributed by atoms with Crippen molar-refractivity contribution in [1.82, 2.24) is 24.8 Å². The molecule has 1 aromatic heterocycles. The quantitative estimate of drug-likeness (QED) is 0.244. The predicted octanol–water partition coefficient (Wildman–Crippen LogP) is 2.75. The minimum Gasteiger partial charge on any atom is -0.461 e. The zero-order valence-electron chi connectivity index (χ0n) is 25.6. The van der Waals surface area contributed by atoms with Gasteiger partial charge in [0.1, 0.15) is 36.4 Å². The van der Waals surface area contributed by atoms with Crippen molar-refractivity contribution in [2.75, 3.05) is 19.8 Å². The first-order valence-corrected chi connectivity index (χ1v) is 15.3. The van der Waals surface area contributed by atoms with Crippen molar-refractivity contribution in [3.63, 3.8) is 0 Å². The summed E-state index contributed by atoms with van der Waals surface area (Å²) in [6.45, 7) is 11.1. The fourth-order valence-electron chi connectivity index (χ4n) is 7.81. The number of aliphatic hydroxyl groups is 1. The summed E-state index contributed by atoms with van der Waals surface area (Å²) >= 11 is 0. The van der Waals surface area contributed by atoms with Crippen LogP contribution in [0.2, 0.25) is 0 Å². The first kappa shape index (κ1) is 30.7. The number of esters is 1. The van der Waals surface area contributed by atoms with Crippen molar-refractivity contribution in [1.29, 1.82) is 0 Å². The summed E-state index contributed by atoms with van der Waals surface area (Å²) in [7, 11) is 0. The molecule has 0 radical (unpaired) electrons. The van der Waals surface area contributed by atoms with E-state index in [1.807, 2.05) is 68.4 Å². The summed E-state index contributed by atoms with van der Waals surface area (Å²) in [5.41, 5.74) is -0.00835. The highest BCUT2D eigenvalue weighted by Crippen LogP contribution is 2.65. The number of aromatic nitrogens is 3. The molecule has 1 spiro atoms. The lowest BCUT2D eigenvalue weighted by Gasteiger charge is -2.39. The number of para-hydroxylation sites is 1. The number of fused-ring (bicyclic) bond motifs is 2. The lowest BCUT2D eigenvalue weighted by Crippen LogP contribution is -2.59. The second-order valence-electron chi connectivity index (χ2n) is 12.5. The third kappa shape index (κ3) is 4.85. The molecule has 3 aliphatic rings. The lowest BCUT2D eigenvalue weighted by molar-refractivity contribution is -0.163. The van der Waals surface area contributed by atoms with Gasteiger partial charge in [0.25, 0.3) is 0 Å². The summed E-state index contributed by atoms with van der Waals surface area (Å²) in [4.78, 5) is 46.3. The molecule has 0 aliphatic carbocycles. The van der Waals surface area contributed by atoms with Crippen molar-refractivity contribution in [3.8, 4) is 0 Å². The first-order valence-electron chi connectivity index (χ1n) is 15.3. The van der Waals surface area contributed by atoms with Gasteiger partial charge in [-0.2, -0.15) is 0 Å². The molecule has 3 fully saturated rings. The summed E-state index contributed by atoms with van der Waals surface area (Å²) in [5, 5.41) is 19.3. The second kappa shape index (κ2) is 11.9. The predicted molar refractivity (Wildman–Crippen MR) is 165 cm³/mol. The molecule has 45 heavy (non-hydrogen) atoms. The van der Waals surface area contributed by atoms with Crippen LogP contribution in [-0.2, 0) is 36.9 Å². The monoisotopic (exact) mass is 613 g/mol. The van der Waals surface area contributed by atoms with Crippen LogP contribution in [-0.4, -0.2) is 90.7 Å². The van der Waals surface area contributed by atoms with E-state index in [4.69, 9.17) is 9.47 Å². The lowest BCUT2D eigenvalue weighted by atomic mass is 9.62. The number of amides is 2. The van der Waals surface area contributed by atoms with Crippen molar-refractivity contribution >= 4 is 28.8 Å². The van der Waals surface area contributed by atoms with E-state index in [0.717, 1.165) is 11.1 Å². The maximum Gasteiger partial charge on any atom is 0.313 e. The fraction of sp³-hybridized carbons (Fsp3) is 0.441. The molecule has 1 N–H and O–H groups in total. The molecule has 2 amide bonds. The topological polar surface area (TPSA) is 127 Å². The van der Waals surface area contributed by atoms with Gasteiger partial charge in [-0.05, 0) is 43.4 Å². The average molecular weight is 614 g/mol. The smallest absolute Gasteiger partial charge is 0.313 e. The highest BCUT2D eigenvalue weighted by Gasteiger charge is 2.80. The third-order valence-corrected chi connectivity index (χ3v) is 9.89. The number of hydrogen-bond donors (Lipinski definition) is 1. The van der Waals surface area contributed by atoms with Crippen LogP contribution in [0.3, 0.4) is 0 Å². The Labute approximate surface area is 262 Å². The molecule has 2 bridgehead atoms. The van der Waals surface area contributed by atoms with Crippen LogP contribution in [0.1, 0.15) is 25.8 Å². The molecule has 11 nitrogen and oxygen atoms in total. The average Bonchev–Trinajstić information content (AvgIpc) is 3.72. The second-order valence-corrected chi connectivity index (χ2v) is 12.5. The fourth-order valence-corrected chi connectivity index (χ4v) is 7.81. The molecule has 3 aliphatic heterocycles. The van der Waals surface area contributed by atoms with Gasteiger partial charge >= 0.3 is 5.97 Å². The Hall–Kier alpha value is -4.35. The van der Waals surface area contributed by atoms with Crippen LogP contribution in [0.15, 0.2) is 79.9 Å². The van der Waals surface area contributed by atoms with Gasteiger partial charge in [0.2, 0.25) is 11.8 Å². The zero-order chi connectivity index (χ0) is 31.9. The van der Waals surface area contributed by atoms with E-state index in [9.17, 15) is 19.5 Å². The molecule has 0 saturated carbocycles. The van der Waals surface area contributed by atoms with Gasteiger partial charge in [-0.3, -0.25) is 14.4 Å². The molecule has 3 aromatic rings. The van der Waals surface area contributed by atoms with Crippen molar-refractivity contribution in [2.45, 2.75) is 56.6 Å². The molecular formula is C34H39N5O6. The van der Waals surface area contributed by atoms with Gasteiger partial charge in [-0.1, -0.05) is 73.3 Å². The Morgan fingerprint density at radius 3 is 2.62 bits per heavy atom. The number of nitrogens with zero attached hydrogens (tertiary/aromatic N) is 5. The van der Waals surface area contributed by atoms with Crippen LogP contribution >= 0.6 is 0 Å². The van der Waals surface area contributed by atoms with Gasteiger partial charge in [-0.15, -0.1) is 11.7 Å². The highest BCUT2D eigenvalue weighted by molar-refractivity contribution is 5.99. The van der Waals surface area contributed by atoms with Crippen molar-refractivity contribution in [3.05, 3.63) is 85.5 Å².